The summed E-state index contributed by atoms with van der Waals surface area (Å²) >= 11 is 6.02. The fourth-order valence-electron chi connectivity index (χ4n) is 2.67. The Kier molecular flexibility index (Phi) is 7.83. The summed E-state index contributed by atoms with van der Waals surface area (Å²) in [5.41, 5.74) is 1.03. The van der Waals surface area contributed by atoms with Gasteiger partial charge in [0.1, 0.15) is 0 Å². The fourth-order valence-corrected chi connectivity index (χ4v) is 3.94. The van der Waals surface area contributed by atoms with E-state index in [1.54, 1.807) is 0 Å². The minimum atomic E-state index is -3.40. The summed E-state index contributed by atoms with van der Waals surface area (Å²) in [5, 5.41) is 1.91. The van der Waals surface area contributed by atoms with E-state index >= 15 is 0 Å². The Hall–Kier alpha value is -1.48. The van der Waals surface area contributed by atoms with Crippen LogP contribution in [-0.4, -0.2) is 38.9 Å². The van der Waals surface area contributed by atoms with E-state index in [1.807, 2.05) is 24.3 Å². The average Bonchev–Trinajstić information content (AvgIpc) is 2.61. The lowest BCUT2D eigenvalue weighted by atomic mass is 10.2. The van der Waals surface area contributed by atoms with Gasteiger partial charge in [0.15, 0.2) is 0 Å². The molecule has 0 spiro atoms. The van der Waals surface area contributed by atoms with Crippen molar-refractivity contribution < 1.29 is 8.42 Å². The summed E-state index contributed by atoms with van der Waals surface area (Å²) in [6.45, 7) is 4.37. The molecule has 0 atom stereocenters. The van der Waals surface area contributed by atoms with Crippen molar-refractivity contribution in [2.45, 2.75) is 32.6 Å². The lowest BCUT2D eigenvalue weighted by Crippen LogP contribution is -2.48. The molecule has 1 aromatic rings. The second-order valence-corrected chi connectivity index (χ2v) is 8.25. The van der Waals surface area contributed by atoms with Crippen LogP contribution in [0.3, 0.4) is 0 Å². The largest absolute Gasteiger partial charge is 0.369 e. The summed E-state index contributed by atoms with van der Waals surface area (Å²) in [6, 6.07) is 7.63. The molecule has 0 aliphatic carbocycles. The van der Waals surface area contributed by atoms with Crippen LogP contribution in [0, 0.1) is 11.8 Å². The lowest BCUT2D eigenvalue weighted by Gasteiger charge is -2.34. The Balaban J connectivity index is 1.86. The molecule has 25 heavy (non-hydrogen) atoms. The van der Waals surface area contributed by atoms with Gasteiger partial charge in [0.05, 0.1) is 5.41 Å². The minimum Gasteiger partial charge on any atom is -0.369 e. The predicted octanol–water partition coefficient (Wildman–Crippen LogP) is 3.89. The molecule has 1 aliphatic heterocycles. The lowest BCUT2D eigenvalue weighted by molar-refractivity contribution is 0.390. The number of rotatable bonds is 6. The van der Waals surface area contributed by atoms with E-state index in [2.05, 4.69) is 23.7 Å². The van der Waals surface area contributed by atoms with Gasteiger partial charge in [-0.05, 0) is 24.6 Å². The molecule has 0 bridgehead atoms. The van der Waals surface area contributed by atoms with Crippen molar-refractivity contribution in [2.75, 3.05) is 31.1 Å². The molecule has 0 saturated carbocycles. The highest BCUT2D eigenvalue weighted by Crippen LogP contribution is 2.21. The van der Waals surface area contributed by atoms with Crippen molar-refractivity contribution in [3.05, 3.63) is 40.8 Å². The van der Waals surface area contributed by atoms with Crippen molar-refractivity contribution in [3.63, 3.8) is 0 Å². The number of sulfonamides is 1. The first-order valence-corrected chi connectivity index (χ1v) is 10.6. The standard InChI is InChI=1S/C19H25ClN2O2S/c1-2-3-4-5-6-7-8-16-25(23,24)22-14-12-21(13-15-22)19-11-9-10-18(20)17-19/h8-11,16-17H,2-5,12-15H2,1H3/b16-8+. The van der Waals surface area contributed by atoms with Crippen LogP contribution in [0.4, 0.5) is 5.69 Å². The highest BCUT2D eigenvalue weighted by molar-refractivity contribution is 7.92. The van der Waals surface area contributed by atoms with Crippen LogP contribution in [0.5, 0.6) is 0 Å². The van der Waals surface area contributed by atoms with Crippen LogP contribution in [0.15, 0.2) is 35.7 Å². The smallest absolute Gasteiger partial charge is 0.236 e. The molecule has 1 aromatic carbocycles. The molecule has 0 radical (unpaired) electrons. The topological polar surface area (TPSA) is 40.6 Å². The number of piperazine rings is 1. The summed E-state index contributed by atoms with van der Waals surface area (Å²) in [6.07, 6.45) is 5.65. The van der Waals surface area contributed by atoms with E-state index in [1.165, 1.54) is 15.8 Å². The molecule has 1 fully saturated rings. The van der Waals surface area contributed by atoms with Gasteiger partial charge in [-0.25, -0.2) is 8.42 Å². The first kappa shape index (κ1) is 19.8. The fraction of sp³-hybridized carbons (Fsp3) is 0.474. The van der Waals surface area contributed by atoms with E-state index in [0.717, 1.165) is 31.4 Å². The second kappa shape index (κ2) is 9.86. The van der Waals surface area contributed by atoms with E-state index in [4.69, 9.17) is 11.6 Å². The van der Waals surface area contributed by atoms with Crippen LogP contribution in [0.1, 0.15) is 32.6 Å². The van der Waals surface area contributed by atoms with E-state index < -0.39 is 10.0 Å². The first-order valence-electron chi connectivity index (χ1n) is 8.68. The molecule has 1 saturated heterocycles. The van der Waals surface area contributed by atoms with Crippen molar-refractivity contribution >= 4 is 27.3 Å². The van der Waals surface area contributed by atoms with Gasteiger partial charge in [-0.2, -0.15) is 4.31 Å². The van der Waals surface area contributed by atoms with Gasteiger partial charge in [-0.15, -0.1) is 0 Å². The maximum atomic E-state index is 12.3. The normalized spacial score (nSPS) is 16.0. The van der Waals surface area contributed by atoms with Crippen molar-refractivity contribution in [1.82, 2.24) is 4.31 Å². The SMILES string of the molecule is CCCCCC#C/C=C/S(=O)(=O)N1CCN(c2cccc(Cl)c2)CC1. The first-order chi connectivity index (χ1) is 12.0. The van der Waals surface area contributed by atoms with E-state index in [-0.39, 0.29) is 0 Å². The van der Waals surface area contributed by atoms with Crippen LogP contribution < -0.4 is 4.90 Å². The monoisotopic (exact) mass is 380 g/mol. The molecule has 2 rings (SSSR count). The third kappa shape index (κ3) is 6.39. The zero-order valence-electron chi connectivity index (χ0n) is 14.6. The Morgan fingerprint density at radius 3 is 2.64 bits per heavy atom. The van der Waals surface area contributed by atoms with Crippen LogP contribution in [0.2, 0.25) is 5.02 Å². The van der Waals surface area contributed by atoms with Crippen molar-refractivity contribution in [3.8, 4) is 11.8 Å². The highest BCUT2D eigenvalue weighted by Gasteiger charge is 2.25. The molecule has 0 N–H and O–H groups in total. The Bertz CT molecular complexity index is 742. The van der Waals surface area contributed by atoms with Crippen LogP contribution >= 0.6 is 11.6 Å². The third-order valence-corrected chi connectivity index (χ3v) is 5.90. The van der Waals surface area contributed by atoms with Gasteiger partial charge < -0.3 is 4.90 Å². The number of hydrogen-bond donors (Lipinski definition) is 0. The number of benzene rings is 1. The van der Waals surface area contributed by atoms with Crippen LogP contribution in [0.25, 0.3) is 0 Å². The van der Waals surface area contributed by atoms with Crippen molar-refractivity contribution in [2.24, 2.45) is 0 Å². The zero-order valence-corrected chi connectivity index (χ0v) is 16.2. The van der Waals surface area contributed by atoms with Gasteiger partial charge >= 0.3 is 0 Å². The molecular weight excluding hydrogens is 356 g/mol. The van der Waals surface area contributed by atoms with Gasteiger partial charge in [-0.1, -0.05) is 49.3 Å². The van der Waals surface area contributed by atoms with Gasteiger partial charge in [0.2, 0.25) is 10.0 Å². The van der Waals surface area contributed by atoms with Crippen LogP contribution in [-0.2, 0) is 10.0 Å². The highest BCUT2D eigenvalue weighted by atomic mass is 35.5. The van der Waals surface area contributed by atoms with Gasteiger partial charge in [0, 0.05) is 49.4 Å². The Labute approximate surface area is 156 Å². The Morgan fingerprint density at radius 1 is 1.20 bits per heavy atom. The molecule has 1 heterocycles. The Morgan fingerprint density at radius 2 is 1.96 bits per heavy atom. The molecule has 0 unspecified atom stereocenters. The van der Waals surface area contributed by atoms with E-state index in [0.29, 0.717) is 31.2 Å². The molecule has 0 aromatic heterocycles. The maximum absolute atomic E-state index is 12.3. The second-order valence-electron chi connectivity index (χ2n) is 5.99. The number of anilines is 1. The summed E-state index contributed by atoms with van der Waals surface area (Å²) in [7, 11) is -3.40. The molecular formula is C19H25ClN2O2S. The molecule has 4 nitrogen and oxygen atoms in total. The quantitative estimate of drug-likeness (QED) is 0.555. The zero-order chi connectivity index (χ0) is 18.1. The van der Waals surface area contributed by atoms with E-state index in [9.17, 15) is 8.42 Å². The maximum Gasteiger partial charge on any atom is 0.236 e. The number of unbranched alkanes of at least 4 members (excludes halogenated alkanes) is 3. The van der Waals surface area contributed by atoms with Gasteiger partial charge in [0.25, 0.3) is 0 Å². The molecule has 136 valence electrons. The summed E-state index contributed by atoms with van der Waals surface area (Å²) in [4.78, 5) is 2.15. The number of nitrogens with zero attached hydrogens (tertiary/aromatic N) is 2. The van der Waals surface area contributed by atoms with Crippen molar-refractivity contribution in [1.29, 1.82) is 0 Å². The third-order valence-electron chi connectivity index (χ3n) is 4.10. The molecule has 6 heteroatoms. The number of halogens is 1. The van der Waals surface area contributed by atoms with Gasteiger partial charge in [-0.3, -0.25) is 0 Å². The molecule has 0 amide bonds. The number of allylic oxidation sites excluding steroid dienone is 1. The minimum absolute atomic E-state index is 0.461. The summed E-state index contributed by atoms with van der Waals surface area (Å²) in [5.74, 6) is 5.81. The average molecular weight is 381 g/mol. The summed E-state index contributed by atoms with van der Waals surface area (Å²) < 4.78 is 26.2. The number of hydrogen-bond acceptors (Lipinski definition) is 3. The molecule has 1 aliphatic rings. The predicted molar refractivity (Wildman–Crippen MR) is 105 cm³/mol.